The Kier molecular flexibility index (Phi) is 8.06. The lowest BCUT2D eigenvalue weighted by atomic mass is 10.1. The Morgan fingerprint density at radius 2 is 1.83 bits per heavy atom. The van der Waals surface area contributed by atoms with Crippen molar-refractivity contribution >= 4 is 67.0 Å². The molecule has 174 valence electrons. The molecule has 1 N–H and O–H groups in total. The number of carbonyl (C=O) groups is 1. The first-order valence-corrected chi connectivity index (χ1v) is 12.5. The molecule has 5 nitrogen and oxygen atoms in total. The molecule has 4 rings (SSSR count). The molecule has 0 aliphatic carbocycles. The molecule has 4 aromatic rings. The maximum Gasteiger partial charge on any atom is 0.266 e. The third-order valence-electron chi connectivity index (χ3n) is 5.30. The maximum absolute atomic E-state index is 12.6. The molecule has 4 aromatic carbocycles. The molecule has 0 heterocycles. The van der Waals surface area contributed by atoms with Crippen LogP contribution in [0.25, 0.3) is 16.8 Å². The molecule has 0 fully saturated rings. The predicted molar refractivity (Wildman–Crippen MR) is 150 cm³/mol. The number of hydrogen-bond acceptors (Lipinski definition) is 4. The van der Waals surface area contributed by atoms with E-state index in [0.29, 0.717) is 29.4 Å². The monoisotopic (exact) mass is 638 g/mol. The summed E-state index contributed by atoms with van der Waals surface area (Å²) in [4.78, 5) is 12.6. The van der Waals surface area contributed by atoms with Crippen LogP contribution in [-0.2, 0) is 11.4 Å². The van der Waals surface area contributed by atoms with Crippen LogP contribution in [0.15, 0.2) is 88.9 Å². The molecular weight excluding hydrogens is 619 g/mol. The number of rotatable bonds is 7. The van der Waals surface area contributed by atoms with Crippen LogP contribution in [0.4, 0.5) is 5.69 Å². The topological polar surface area (TPSA) is 71.3 Å². The van der Waals surface area contributed by atoms with E-state index in [1.807, 2.05) is 36.4 Å². The third kappa shape index (κ3) is 6.02. The van der Waals surface area contributed by atoms with Crippen molar-refractivity contribution in [2.24, 2.45) is 0 Å². The Morgan fingerprint density at radius 3 is 2.54 bits per heavy atom. The number of nitrogens with one attached hydrogen (secondary N) is 1. The molecule has 0 spiro atoms. The number of anilines is 1. The number of benzene rings is 4. The quantitative estimate of drug-likeness (QED) is 0.131. The van der Waals surface area contributed by atoms with E-state index in [9.17, 15) is 10.1 Å². The summed E-state index contributed by atoms with van der Waals surface area (Å²) in [6, 6.07) is 27.0. The molecule has 1 amide bonds. The number of nitrogens with zero attached hydrogens (tertiary/aromatic N) is 1. The van der Waals surface area contributed by atoms with Gasteiger partial charge in [0.2, 0.25) is 0 Å². The van der Waals surface area contributed by atoms with Crippen molar-refractivity contribution in [2.45, 2.75) is 6.61 Å². The summed E-state index contributed by atoms with van der Waals surface area (Å²) in [5, 5.41) is 14.6. The van der Waals surface area contributed by atoms with Crippen molar-refractivity contribution < 1.29 is 14.3 Å². The Balaban J connectivity index is 1.51. The van der Waals surface area contributed by atoms with E-state index in [2.05, 4.69) is 68.1 Å². The van der Waals surface area contributed by atoms with Gasteiger partial charge in [0.15, 0.2) is 0 Å². The summed E-state index contributed by atoms with van der Waals surface area (Å²) in [5.41, 5.74) is 2.37. The molecule has 0 saturated carbocycles. The zero-order chi connectivity index (χ0) is 24.8. The van der Waals surface area contributed by atoms with Crippen molar-refractivity contribution in [1.82, 2.24) is 0 Å². The van der Waals surface area contributed by atoms with E-state index in [-0.39, 0.29) is 5.57 Å². The number of amides is 1. The predicted octanol–water partition coefficient (Wildman–Crippen LogP) is 7.34. The standard InChI is InChI=1S/C28H20BrIN2O3/c1-34-23-11-9-22(10-12-23)32-28(33)21(16-31)13-18-14-25(29)27(26(30)15-18)35-17-20-7-4-6-19-5-2-3-8-24(19)20/h2-15H,17H2,1H3,(H,32,33)/b21-13-. The van der Waals surface area contributed by atoms with Gasteiger partial charge in [-0.05, 0) is 103 Å². The van der Waals surface area contributed by atoms with Gasteiger partial charge in [-0.15, -0.1) is 0 Å². The first-order valence-electron chi connectivity index (χ1n) is 10.6. The maximum atomic E-state index is 12.6. The van der Waals surface area contributed by atoms with Crippen LogP contribution in [0, 0.1) is 14.9 Å². The van der Waals surface area contributed by atoms with Gasteiger partial charge in [0.05, 0.1) is 15.2 Å². The summed E-state index contributed by atoms with van der Waals surface area (Å²) in [6.45, 7) is 0.416. The summed E-state index contributed by atoms with van der Waals surface area (Å²) >= 11 is 5.78. The van der Waals surface area contributed by atoms with Crippen LogP contribution < -0.4 is 14.8 Å². The highest BCUT2D eigenvalue weighted by molar-refractivity contribution is 14.1. The highest BCUT2D eigenvalue weighted by Gasteiger charge is 2.13. The molecule has 0 saturated heterocycles. The van der Waals surface area contributed by atoms with Gasteiger partial charge in [-0.25, -0.2) is 0 Å². The number of methoxy groups -OCH3 is 1. The lowest BCUT2D eigenvalue weighted by molar-refractivity contribution is -0.112. The highest BCUT2D eigenvalue weighted by Crippen LogP contribution is 2.34. The fourth-order valence-electron chi connectivity index (χ4n) is 3.56. The number of carbonyl (C=O) groups excluding carboxylic acids is 1. The van der Waals surface area contributed by atoms with Gasteiger partial charge in [-0.3, -0.25) is 4.79 Å². The Labute approximate surface area is 225 Å². The van der Waals surface area contributed by atoms with E-state index >= 15 is 0 Å². The Morgan fingerprint density at radius 1 is 1.09 bits per heavy atom. The normalized spacial score (nSPS) is 11.1. The van der Waals surface area contributed by atoms with Gasteiger partial charge in [0.25, 0.3) is 5.91 Å². The van der Waals surface area contributed by atoms with Crippen LogP contribution in [0.5, 0.6) is 11.5 Å². The molecule has 0 aromatic heterocycles. The van der Waals surface area contributed by atoms with Gasteiger partial charge >= 0.3 is 0 Å². The van der Waals surface area contributed by atoms with E-state index in [0.717, 1.165) is 19.0 Å². The van der Waals surface area contributed by atoms with Crippen molar-refractivity contribution in [1.29, 1.82) is 5.26 Å². The molecule has 35 heavy (non-hydrogen) atoms. The number of fused-ring (bicyclic) bond motifs is 1. The molecular formula is C28H20BrIN2O3. The van der Waals surface area contributed by atoms with Gasteiger partial charge in [0, 0.05) is 5.69 Å². The number of hydrogen-bond donors (Lipinski definition) is 1. The number of ether oxygens (including phenoxy) is 2. The van der Waals surface area contributed by atoms with Crippen LogP contribution in [0.2, 0.25) is 0 Å². The average molecular weight is 639 g/mol. The van der Waals surface area contributed by atoms with Crippen molar-refractivity contribution in [2.75, 3.05) is 12.4 Å². The van der Waals surface area contributed by atoms with Gasteiger partial charge in [0.1, 0.15) is 29.7 Å². The first kappa shape index (κ1) is 24.8. The smallest absolute Gasteiger partial charge is 0.266 e. The second-order valence-corrected chi connectivity index (χ2v) is 9.61. The largest absolute Gasteiger partial charge is 0.497 e. The average Bonchev–Trinajstić information content (AvgIpc) is 2.87. The second kappa shape index (κ2) is 11.4. The zero-order valence-electron chi connectivity index (χ0n) is 18.7. The SMILES string of the molecule is COc1ccc(NC(=O)/C(C#N)=C\c2cc(Br)c(OCc3cccc4ccccc34)c(I)c2)cc1. The van der Waals surface area contributed by atoms with Crippen LogP contribution in [0.3, 0.4) is 0 Å². The minimum atomic E-state index is -0.486. The Hall–Kier alpha value is -3.35. The first-order chi connectivity index (χ1) is 17.0. The van der Waals surface area contributed by atoms with E-state index in [4.69, 9.17) is 9.47 Å². The second-order valence-electron chi connectivity index (χ2n) is 7.59. The number of nitriles is 1. The minimum absolute atomic E-state index is 0.00654. The summed E-state index contributed by atoms with van der Waals surface area (Å²) in [7, 11) is 1.57. The molecule has 0 unspecified atom stereocenters. The lowest BCUT2D eigenvalue weighted by Gasteiger charge is -2.13. The molecule has 0 aliphatic rings. The van der Waals surface area contributed by atoms with Gasteiger partial charge in [-0.1, -0.05) is 42.5 Å². The zero-order valence-corrected chi connectivity index (χ0v) is 22.5. The summed E-state index contributed by atoms with van der Waals surface area (Å²) in [6.07, 6.45) is 1.56. The fraction of sp³-hybridized carbons (Fsp3) is 0.0714. The van der Waals surface area contributed by atoms with Crippen molar-refractivity contribution in [3.63, 3.8) is 0 Å². The van der Waals surface area contributed by atoms with Gasteiger partial charge < -0.3 is 14.8 Å². The van der Waals surface area contributed by atoms with Crippen LogP contribution in [0.1, 0.15) is 11.1 Å². The van der Waals surface area contributed by atoms with E-state index < -0.39 is 5.91 Å². The molecule has 0 bridgehead atoms. The Bertz CT molecular complexity index is 1430. The van der Waals surface area contributed by atoms with Crippen LogP contribution in [-0.4, -0.2) is 13.0 Å². The third-order valence-corrected chi connectivity index (χ3v) is 6.69. The van der Waals surface area contributed by atoms with E-state index in [1.54, 1.807) is 37.5 Å². The highest BCUT2D eigenvalue weighted by atomic mass is 127. The molecule has 0 aliphatic heterocycles. The van der Waals surface area contributed by atoms with Gasteiger partial charge in [-0.2, -0.15) is 5.26 Å². The number of halogens is 2. The fourth-order valence-corrected chi connectivity index (χ4v) is 5.33. The summed E-state index contributed by atoms with van der Waals surface area (Å²) in [5.74, 6) is 0.901. The lowest BCUT2D eigenvalue weighted by Crippen LogP contribution is -2.13. The van der Waals surface area contributed by atoms with E-state index in [1.165, 1.54) is 5.39 Å². The molecule has 7 heteroatoms. The molecule has 0 radical (unpaired) electrons. The van der Waals surface area contributed by atoms with Crippen LogP contribution >= 0.6 is 38.5 Å². The summed E-state index contributed by atoms with van der Waals surface area (Å²) < 4.78 is 12.9. The van der Waals surface area contributed by atoms with Crippen molar-refractivity contribution in [3.8, 4) is 17.6 Å². The minimum Gasteiger partial charge on any atom is -0.497 e. The van der Waals surface area contributed by atoms with Crippen molar-refractivity contribution in [3.05, 3.63) is 104 Å². The molecule has 0 atom stereocenters.